The first kappa shape index (κ1) is 18.7. The van der Waals surface area contributed by atoms with Crippen LogP contribution in [0.4, 0.5) is 5.82 Å². The summed E-state index contributed by atoms with van der Waals surface area (Å²) < 4.78 is 12.7. The Balaban J connectivity index is 1.79. The number of nitrogen functional groups attached to an aromatic ring is 1. The number of pyridine rings is 1. The number of aryl methyl sites for hydroxylation is 2. The van der Waals surface area contributed by atoms with Crippen LogP contribution in [0.1, 0.15) is 42.3 Å². The molecule has 1 unspecified atom stereocenters. The van der Waals surface area contributed by atoms with Gasteiger partial charge in [0.15, 0.2) is 11.6 Å². The normalized spacial score (nSPS) is 15.2. The van der Waals surface area contributed by atoms with Crippen LogP contribution in [-0.2, 0) is 13.0 Å². The number of hydrogen-bond donors (Lipinski definition) is 1. The number of benzene rings is 1. The molecule has 0 saturated carbocycles. The Labute approximate surface area is 178 Å². The van der Waals surface area contributed by atoms with Gasteiger partial charge in [-0.3, -0.25) is 0 Å². The van der Waals surface area contributed by atoms with E-state index in [1.165, 1.54) is 17.1 Å². The van der Waals surface area contributed by atoms with Crippen LogP contribution in [0.2, 0.25) is 0 Å². The average Bonchev–Trinajstić information content (AvgIpc) is 3.36. The second kappa shape index (κ2) is 7.21. The zero-order valence-electron chi connectivity index (χ0n) is 17.1. The first-order chi connectivity index (χ1) is 14.5. The molecule has 0 fully saturated rings. The Morgan fingerprint density at radius 1 is 1.27 bits per heavy atom. The van der Waals surface area contributed by atoms with Crippen LogP contribution in [-0.4, -0.2) is 24.4 Å². The SMILES string of the molecule is CCn1nnc2c1-c1cnc(N)c(c1)OC(C)c1cc(C)ccc1-c1sncc1C2. The first-order valence-electron chi connectivity index (χ1n) is 9.94. The van der Waals surface area contributed by atoms with Crippen molar-refractivity contribution in [1.29, 1.82) is 0 Å². The van der Waals surface area contributed by atoms with Crippen molar-refractivity contribution in [3.8, 4) is 27.4 Å². The second-order valence-corrected chi connectivity index (χ2v) is 8.32. The zero-order chi connectivity index (χ0) is 20.8. The number of hydrogen-bond acceptors (Lipinski definition) is 7. The van der Waals surface area contributed by atoms with Gasteiger partial charge in [-0.25, -0.2) is 14.0 Å². The highest BCUT2D eigenvalue weighted by Gasteiger charge is 2.24. The smallest absolute Gasteiger partial charge is 0.166 e. The zero-order valence-corrected chi connectivity index (χ0v) is 17.9. The molecule has 2 bridgehead atoms. The predicted molar refractivity (Wildman–Crippen MR) is 117 cm³/mol. The molecule has 1 aromatic carbocycles. The summed E-state index contributed by atoms with van der Waals surface area (Å²) in [5.74, 6) is 0.930. The maximum atomic E-state index is 6.34. The van der Waals surface area contributed by atoms with Crippen LogP contribution in [0.25, 0.3) is 21.7 Å². The van der Waals surface area contributed by atoms with Crippen molar-refractivity contribution in [3.63, 3.8) is 0 Å². The summed E-state index contributed by atoms with van der Waals surface area (Å²) in [4.78, 5) is 5.53. The van der Waals surface area contributed by atoms with E-state index in [2.05, 4.69) is 44.8 Å². The predicted octanol–water partition coefficient (Wildman–Crippen LogP) is 4.42. The molecule has 3 aromatic heterocycles. The molecular formula is C22H22N6OS. The molecule has 4 heterocycles. The van der Waals surface area contributed by atoms with Gasteiger partial charge in [-0.2, -0.15) is 0 Å². The van der Waals surface area contributed by atoms with Gasteiger partial charge in [-0.15, -0.1) is 5.10 Å². The highest BCUT2D eigenvalue weighted by Crippen LogP contribution is 2.39. The Morgan fingerprint density at radius 2 is 2.13 bits per heavy atom. The van der Waals surface area contributed by atoms with Gasteiger partial charge in [0.05, 0.1) is 16.3 Å². The van der Waals surface area contributed by atoms with Gasteiger partial charge >= 0.3 is 0 Å². The lowest BCUT2D eigenvalue weighted by molar-refractivity contribution is 0.228. The fourth-order valence-corrected chi connectivity index (χ4v) is 4.76. The Kier molecular flexibility index (Phi) is 4.51. The first-order valence-corrected chi connectivity index (χ1v) is 10.7. The second-order valence-electron chi connectivity index (χ2n) is 7.52. The minimum atomic E-state index is -0.206. The minimum absolute atomic E-state index is 0.206. The number of rotatable bonds is 1. The molecule has 1 atom stereocenters. The lowest BCUT2D eigenvalue weighted by Gasteiger charge is -2.21. The molecule has 2 N–H and O–H groups in total. The van der Waals surface area contributed by atoms with Crippen molar-refractivity contribution in [3.05, 3.63) is 59.0 Å². The van der Waals surface area contributed by atoms with Gasteiger partial charge < -0.3 is 10.5 Å². The monoisotopic (exact) mass is 418 g/mol. The maximum Gasteiger partial charge on any atom is 0.166 e. The molecule has 0 amide bonds. The van der Waals surface area contributed by atoms with E-state index in [-0.39, 0.29) is 6.10 Å². The van der Waals surface area contributed by atoms with Gasteiger partial charge in [0.2, 0.25) is 0 Å². The Bertz CT molecular complexity index is 1240. The van der Waals surface area contributed by atoms with Crippen molar-refractivity contribution in [2.24, 2.45) is 0 Å². The van der Waals surface area contributed by atoms with Crippen molar-refractivity contribution >= 4 is 17.4 Å². The van der Waals surface area contributed by atoms with E-state index in [0.29, 0.717) is 24.5 Å². The molecule has 0 spiro atoms. The fraction of sp³-hybridized carbons (Fsp3) is 0.273. The summed E-state index contributed by atoms with van der Waals surface area (Å²) >= 11 is 1.50. The lowest BCUT2D eigenvalue weighted by atomic mass is 9.95. The van der Waals surface area contributed by atoms with Crippen LogP contribution in [0.15, 0.2) is 36.7 Å². The molecule has 8 heteroatoms. The molecule has 1 aliphatic rings. The number of nitrogens with two attached hydrogens (primary N) is 1. The maximum absolute atomic E-state index is 6.34. The molecule has 30 heavy (non-hydrogen) atoms. The van der Waals surface area contributed by atoms with E-state index in [9.17, 15) is 0 Å². The van der Waals surface area contributed by atoms with Crippen LogP contribution < -0.4 is 10.5 Å². The third-order valence-electron chi connectivity index (χ3n) is 5.46. The molecular weight excluding hydrogens is 396 g/mol. The summed E-state index contributed by atoms with van der Waals surface area (Å²) in [5.41, 5.74) is 13.4. The Morgan fingerprint density at radius 3 is 2.97 bits per heavy atom. The summed E-state index contributed by atoms with van der Waals surface area (Å²) in [5, 5.41) is 8.85. The van der Waals surface area contributed by atoms with Crippen LogP contribution in [0, 0.1) is 6.92 Å². The molecule has 0 radical (unpaired) electrons. The largest absolute Gasteiger partial charge is 0.482 e. The van der Waals surface area contributed by atoms with Crippen LogP contribution >= 0.6 is 11.5 Å². The molecule has 152 valence electrons. The number of ether oxygens (including phenoxy) is 1. The van der Waals surface area contributed by atoms with Crippen molar-refractivity contribution < 1.29 is 4.74 Å². The van der Waals surface area contributed by atoms with E-state index in [1.807, 2.05) is 30.8 Å². The number of anilines is 1. The van der Waals surface area contributed by atoms with Gasteiger partial charge in [0.25, 0.3) is 0 Å². The van der Waals surface area contributed by atoms with Crippen molar-refractivity contribution in [2.45, 2.75) is 39.8 Å². The standard InChI is InChI=1S/C22H22N6OS/c1-4-28-20-14-9-19(22(23)24-10-14)29-13(3)17-7-12(2)5-6-16(17)21-15(11-25-30-21)8-18(20)26-27-28/h5-7,9-11,13H,4,8H2,1-3H3,(H2,23,24). The molecule has 5 rings (SSSR count). The third kappa shape index (κ3) is 3.04. The molecule has 7 nitrogen and oxygen atoms in total. The van der Waals surface area contributed by atoms with E-state index < -0.39 is 0 Å². The van der Waals surface area contributed by atoms with Gasteiger partial charge in [0, 0.05) is 42.0 Å². The summed E-state index contributed by atoms with van der Waals surface area (Å²) in [6.45, 7) is 6.88. The fourth-order valence-electron chi connectivity index (χ4n) is 3.95. The molecule has 4 aromatic rings. The van der Waals surface area contributed by atoms with Gasteiger partial charge in [-0.05, 0) is 43.9 Å². The molecule has 1 aliphatic heterocycles. The van der Waals surface area contributed by atoms with Gasteiger partial charge in [-0.1, -0.05) is 29.0 Å². The lowest BCUT2D eigenvalue weighted by Crippen LogP contribution is -2.09. The highest BCUT2D eigenvalue weighted by molar-refractivity contribution is 7.09. The van der Waals surface area contributed by atoms with Crippen LogP contribution in [0.5, 0.6) is 5.75 Å². The summed E-state index contributed by atoms with van der Waals surface area (Å²) in [6.07, 6.45) is 4.13. The topological polar surface area (TPSA) is 91.7 Å². The number of nitrogens with zero attached hydrogens (tertiary/aromatic N) is 5. The number of fused-ring (bicyclic) bond motifs is 7. The van der Waals surface area contributed by atoms with E-state index in [1.54, 1.807) is 6.20 Å². The van der Waals surface area contributed by atoms with Crippen molar-refractivity contribution in [2.75, 3.05) is 5.73 Å². The van der Waals surface area contributed by atoms with E-state index >= 15 is 0 Å². The van der Waals surface area contributed by atoms with E-state index in [0.717, 1.165) is 38.5 Å². The summed E-state index contributed by atoms with van der Waals surface area (Å²) in [6, 6.07) is 8.38. The minimum Gasteiger partial charge on any atom is -0.482 e. The molecule has 0 saturated heterocycles. The third-order valence-corrected chi connectivity index (χ3v) is 6.33. The number of aromatic nitrogens is 5. The van der Waals surface area contributed by atoms with Crippen LogP contribution in [0.3, 0.4) is 0 Å². The highest BCUT2D eigenvalue weighted by atomic mass is 32.1. The Hall–Kier alpha value is -3.26. The average molecular weight is 419 g/mol. The van der Waals surface area contributed by atoms with Crippen molar-refractivity contribution in [1.82, 2.24) is 24.4 Å². The van der Waals surface area contributed by atoms with Gasteiger partial charge in [0.1, 0.15) is 6.10 Å². The summed E-state index contributed by atoms with van der Waals surface area (Å²) in [7, 11) is 0. The van der Waals surface area contributed by atoms with E-state index in [4.69, 9.17) is 10.5 Å². The quantitative estimate of drug-likeness (QED) is 0.492. The molecule has 0 aliphatic carbocycles.